The van der Waals surface area contributed by atoms with E-state index in [-0.39, 0.29) is 24.2 Å². The molecule has 0 bridgehead atoms. The summed E-state index contributed by atoms with van der Waals surface area (Å²) < 4.78 is 13.0. The molecule has 3 rings (SSSR count). The van der Waals surface area contributed by atoms with Gasteiger partial charge in [-0.25, -0.2) is 4.39 Å². The number of benzene rings is 1. The predicted octanol–water partition coefficient (Wildman–Crippen LogP) is 2.26. The molecule has 132 valence electrons. The fraction of sp³-hybridized carbons (Fsp3) is 0.333. The lowest BCUT2D eigenvalue weighted by Gasteiger charge is -2.18. The summed E-state index contributed by atoms with van der Waals surface area (Å²) in [6, 6.07) is 8.19. The van der Waals surface area contributed by atoms with Crippen LogP contribution >= 0.6 is 11.3 Å². The van der Waals surface area contributed by atoms with Crippen molar-refractivity contribution in [3.05, 3.63) is 52.5 Å². The van der Waals surface area contributed by atoms with Crippen LogP contribution < -0.4 is 15.5 Å². The minimum Gasteiger partial charge on any atom is -0.371 e. The number of rotatable bonds is 6. The number of anilines is 1. The summed E-state index contributed by atoms with van der Waals surface area (Å²) in [6.07, 6.45) is 0.971. The molecule has 1 saturated heterocycles. The zero-order valence-electron chi connectivity index (χ0n) is 13.7. The summed E-state index contributed by atoms with van der Waals surface area (Å²) in [7, 11) is 0. The molecule has 5 nitrogen and oxygen atoms in total. The van der Waals surface area contributed by atoms with E-state index < -0.39 is 0 Å². The van der Waals surface area contributed by atoms with Crippen LogP contribution in [0.3, 0.4) is 0 Å². The van der Waals surface area contributed by atoms with Crippen LogP contribution in [-0.2, 0) is 4.79 Å². The van der Waals surface area contributed by atoms with Crippen LogP contribution in [0.4, 0.5) is 10.1 Å². The molecule has 2 amide bonds. The highest BCUT2D eigenvalue weighted by Gasteiger charge is 2.23. The second kappa shape index (κ2) is 8.11. The zero-order valence-corrected chi connectivity index (χ0v) is 14.5. The molecule has 1 aliphatic rings. The highest BCUT2D eigenvalue weighted by Crippen LogP contribution is 2.23. The highest BCUT2D eigenvalue weighted by molar-refractivity contribution is 7.08. The van der Waals surface area contributed by atoms with Crippen LogP contribution in [0.25, 0.3) is 0 Å². The Bertz CT molecular complexity index is 718. The maximum Gasteiger partial charge on any atom is 0.252 e. The first-order chi connectivity index (χ1) is 12.1. The van der Waals surface area contributed by atoms with E-state index in [1.54, 1.807) is 23.6 Å². The Morgan fingerprint density at radius 1 is 1.20 bits per heavy atom. The number of amides is 2. The van der Waals surface area contributed by atoms with E-state index in [0.29, 0.717) is 18.0 Å². The van der Waals surface area contributed by atoms with Crippen molar-refractivity contribution in [2.75, 3.05) is 31.1 Å². The van der Waals surface area contributed by atoms with Crippen LogP contribution in [0.5, 0.6) is 0 Å². The highest BCUT2D eigenvalue weighted by atomic mass is 32.1. The van der Waals surface area contributed by atoms with Gasteiger partial charge in [-0.15, -0.1) is 0 Å². The quantitative estimate of drug-likeness (QED) is 0.830. The normalized spacial score (nSPS) is 16.7. The van der Waals surface area contributed by atoms with Gasteiger partial charge in [-0.2, -0.15) is 11.3 Å². The lowest BCUT2D eigenvalue weighted by molar-refractivity contribution is -0.120. The van der Waals surface area contributed by atoms with Crippen LogP contribution in [0.15, 0.2) is 41.1 Å². The van der Waals surface area contributed by atoms with E-state index in [2.05, 4.69) is 15.5 Å². The minimum atomic E-state index is -0.240. The van der Waals surface area contributed by atoms with Gasteiger partial charge in [-0.1, -0.05) is 0 Å². The first-order valence-corrected chi connectivity index (χ1v) is 9.13. The third kappa shape index (κ3) is 4.79. The zero-order chi connectivity index (χ0) is 17.6. The number of hydrogen-bond donors (Lipinski definition) is 2. The molecular weight excluding hydrogens is 341 g/mol. The molecule has 1 atom stereocenters. The fourth-order valence-corrected chi connectivity index (χ4v) is 3.50. The van der Waals surface area contributed by atoms with Crippen LogP contribution in [0.1, 0.15) is 16.8 Å². The Kier molecular flexibility index (Phi) is 5.65. The molecule has 1 aliphatic heterocycles. The van der Waals surface area contributed by atoms with E-state index in [0.717, 1.165) is 25.2 Å². The van der Waals surface area contributed by atoms with Gasteiger partial charge in [0.05, 0.1) is 6.54 Å². The number of thiophene rings is 1. The van der Waals surface area contributed by atoms with Gasteiger partial charge in [0, 0.05) is 36.3 Å². The van der Waals surface area contributed by atoms with Crippen LogP contribution in [0.2, 0.25) is 0 Å². The average Bonchev–Trinajstić information content (AvgIpc) is 3.30. The molecule has 1 aromatic carbocycles. The standard InChI is InChI=1S/C18H20FN3O2S/c19-15-1-3-16(4-2-15)22-7-5-13(11-22)9-20-17(23)10-21-18(24)14-6-8-25-12-14/h1-4,6,8,12-13H,5,7,9-11H2,(H,20,23)(H,21,24). The van der Waals surface area contributed by atoms with Crippen molar-refractivity contribution in [2.24, 2.45) is 5.92 Å². The molecule has 0 saturated carbocycles. The van der Waals surface area contributed by atoms with Gasteiger partial charge in [0.15, 0.2) is 0 Å². The van der Waals surface area contributed by atoms with Gasteiger partial charge < -0.3 is 15.5 Å². The lowest BCUT2D eigenvalue weighted by Crippen LogP contribution is -2.39. The van der Waals surface area contributed by atoms with Crippen molar-refractivity contribution in [3.63, 3.8) is 0 Å². The molecule has 1 unspecified atom stereocenters. The van der Waals surface area contributed by atoms with Gasteiger partial charge in [-0.3, -0.25) is 9.59 Å². The Labute approximate surface area is 149 Å². The maximum absolute atomic E-state index is 13.0. The predicted molar refractivity (Wildman–Crippen MR) is 96.4 cm³/mol. The third-order valence-corrected chi connectivity index (χ3v) is 4.94. The summed E-state index contributed by atoms with van der Waals surface area (Å²) in [5.74, 6) is -0.318. The average molecular weight is 361 g/mol. The van der Waals surface area contributed by atoms with Crippen molar-refractivity contribution >= 4 is 28.8 Å². The Hall–Kier alpha value is -2.41. The molecule has 0 radical (unpaired) electrons. The number of carbonyl (C=O) groups excluding carboxylic acids is 2. The molecule has 25 heavy (non-hydrogen) atoms. The summed E-state index contributed by atoms with van der Waals surface area (Å²) in [5.41, 5.74) is 1.57. The summed E-state index contributed by atoms with van der Waals surface area (Å²) >= 11 is 1.44. The number of halogens is 1. The maximum atomic E-state index is 13.0. The van der Waals surface area contributed by atoms with E-state index in [1.807, 2.05) is 5.38 Å². The van der Waals surface area contributed by atoms with E-state index in [9.17, 15) is 14.0 Å². The number of nitrogens with zero attached hydrogens (tertiary/aromatic N) is 1. The van der Waals surface area contributed by atoms with E-state index in [4.69, 9.17) is 0 Å². The lowest BCUT2D eigenvalue weighted by atomic mass is 10.1. The Morgan fingerprint density at radius 3 is 2.72 bits per heavy atom. The fourth-order valence-electron chi connectivity index (χ4n) is 2.86. The van der Waals surface area contributed by atoms with Gasteiger partial charge in [-0.05, 0) is 48.1 Å². The Morgan fingerprint density at radius 2 is 2.00 bits per heavy atom. The van der Waals surface area contributed by atoms with Crippen LogP contribution in [-0.4, -0.2) is 38.0 Å². The van der Waals surface area contributed by atoms with Gasteiger partial charge in [0.2, 0.25) is 5.91 Å². The summed E-state index contributed by atoms with van der Waals surface area (Å²) in [4.78, 5) is 25.9. The molecule has 2 N–H and O–H groups in total. The van der Waals surface area contributed by atoms with Gasteiger partial charge in [0.25, 0.3) is 5.91 Å². The van der Waals surface area contributed by atoms with Crippen molar-refractivity contribution in [2.45, 2.75) is 6.42 Å². The number of carbonyl (C=O) groups is 2. The van der Waals surface area contributed by atoms with Gasteiger partial charge >= 0.3 is 0 Å². The van der Waals surface area contributed by atoms with E-state index in [1.165, 1.54) is 23.5 Å². The Balaban J connectivity index is 1.38. The van der Waals surface area contributed by atoms with Gasteiger partial charge in [0.1, 0.15) is 5.82 Å². The molecule has 2 aromatic rings. The number of hydrogen-bond acceptors (Lipinski definition) is 4. The summed E-state index contributed by atoms with van der Waals surface area (Å²) in [5, 5.41) is 9.05. The van der Waals surface area contributed by atoms with Crippen molar-refractivity contribution in [1.29, 1.82) is 0 Å². The SMILES string of the molecule is O=C(CNC(=O)c1ccsc1)NCC1CCN(c2ccc(F)cc2)C1. The molecule has 7 heteroatoms. The van der Waals surface area contributed by atoms with Crippen molar-refractivity contribution in [3.8, 4) is 0 Å². The largest absolute Gasteiger partial charge is 0.371 e. The monoisotopic (exact) mass is 361 g/mol. The second-order valence-corrected chi connectivity index (χ2v) is 6.86. The van der Waals surface area contributed by atoms with Crippen molar-refractivity contribution in [1.82, 2.24) is 10.6 Å². The van der Waals surface area contributed by atoms with Crippen LogP contribution in [0, 0.1) is 11.7 Å². The number of nitrogens with one attached hydrogen (secondary N) is 2. The van der Waals surface area contributed by atoms with E-state index >= 15 is 0 Å². The first-order valence-electron chi connectivity index (χ1n) is 8.19. The molecule has 2 heterocycles. The second-order valence-electron chi connectivity index (χ2n) is 6.08. The summed E-state index contributed by atoms with van der Waals surface area (Å²) in [6.45, 7) is 2.27. The smallest absolute Gasteiger partial charge is 0.252 e. The minimum absolute atomic E-state index is 0.0247. The molecule has 1 fully saturated rings. The topological polar surface area (TPSA) is 61.4 Å². The van der Waals surface area contributed by atoms with Crippen molar-refractivity contribution < 1.29 is 14.0 Å². The molecule has 1 aromatic heterocycles. The first kappa shape index (κ1) is 17.4. The molecule has 0 aliphatic carbocycles. The third-order valence-electron chi connectivity index (χ3n) is 4.26. The molecular formula is C18H20FN3O2S. The molecule has 0 spiro atoms.